The third-order valence-electron chi connectivity index (χ3n) is 3.67. The van der Waals surface area contributed by atoms with Crippen molar-refractivity contribution in [3.63, 3.8) is 0 Å². The largest absolute Gasteiger partial charge is 0.507 e. The first-order valence-corrected chi connectivity index (χ1v) is 7.00. The lowest BCUT2D eigenvalue weighted by atomic mass is 9.87. The van der Waals surface area contributed by atoms with Gasteiger partial charge in [-0.1, -0.05) is 30.0 Å². The SMILES string of the molecule is Cc1cc2c(c(C)c1O)C(C=O)c1ccccc1S2. The summed E-state index contributed by atoms with van der Waals surface area (Å²) in [5.41, 5.74) is 3.64. The van der Waals surface area contributed by atoms with Gasteiger partial charge in [-0.25, -0.2) is 0 Å². The van der Waals surface area contributed by atoms with E-state index in [4.69, 9.17) is 0 Å². The first-order valence-electron chi connectivity index (χ1n) is 6.18. The Morgan fingerprint density at radius 3 is 2.68 bits per heavy atom. The van der Waals surface area contributed by atoms with E-state index in [1.165, 1.54) is 0 Å². The summed E-state index contributed by atoms with van der Waals surface area (Å²) < 4.78 is 0. The number of rotatable bonds is 1. The molecule has 1 aliphatic rings. The summed E-state index contributed by atoms with van der Waals surface area (Å²) in [6, 6.07) is 9.93. The quantitative estimate of drug-likeness (QED) is 0.801. The highest BCUT2D eigenvalue weighted by Gasteiger charge is 2.28. The predicted molar refractivity (Wildman–Crippen MR) is 76.1 cm³/mol. The molecule has 2 nitrogen and oxygen atoms in total. The molecule has 3 heteroatoms. The molecule has 96 valence electrons. The molecule has 0 fully saturated rings. The van der Waals surface area contributed by atoms with Crippen molar-refractivity contribution in [1.82, 2.24) is 0 Å². The molecule has 2 aromatic carbocycles. The first kappa shape index (κ1) is 12.3. The number of phenolic OH excluding ortho intramolecular Hbond substituents is 1. The van der Waals surface area contributed by atoms with Gasteiger partial charge < -0.3 is 9.90 Å². The lowest BCUT2D eigenvalue weighted by molar-refractivity contribution is -0.108. The lowest BCUT2D eigenvalue weighted by Crippen LogP contribution is -2.11. The zero-order valence-electron chi connectivity index (χ0n) is 10.8. The minimum Gasteiger partial charge on any atom is -0.507 e. The van der Waals surface area contributed by atoms with Gasteiger partial charge in [0.1, 0.15) is 12.0 Å². The van der Waals surface area contributed by atoms with Crippen LogP contribution in [-0.2, 0) is 4.79 Å². The second kappa shape index (κ2) is 4.42. The summed E-state index contributed by atoms with van der Waals surface area (Å²) in [5, 5.41) is 10.1. The lowest BCUT2D eigenvalue weighted by Gasteiger charge is -2.26. The number of aldehydes is 1. The topological polar surface area (TPSA) is 37.3 Å². The Labute approximate surface area is 116 Å². The van der Waals surface area contributed by atoms with Crippen LogP contribution in [-0.4, -0.2) is 11.4 Å². The normalized spacial score (nSPS) is 16.6. The molecule has 2 aromatic rings. The summed E-state index contributed by atoms with van der Waals surface area (Å²) in [6.07, 6.45) is 0.971. The van der Waals surface area contributed by atoms with E-state index >= 15 is 0 Å². The van der Waals surface area contributed by atoms with Crippen LogP contribution in [0.15, 0.2) is 40.1 Å². The summed E-state index contributed by atoms with van der Waals surface area (Å²) in [7, 11) is 0. The van der Waals surface area contributed by atoms with Gasteiger partial charge in [0.2, 0.25) is 0 Å². The molecule has 0 aromatic heterocycles. The molecule has 0 saturated heterocycles. The number of aromatic hydroxyl groups is 1. The fourth-order valence-electron chi connectivity index (χ4n) is 2.67. The van der Waals surface area contributed by atoms with Crippen molar-refractivity contribution in [2.75, 3.05) is 0 Å². The molecule has 1 atom stereocenters. The van der Waals surface area contributed by atoms with Crippen LogP contribution in [0.5, 0.6) is 5.75 Å². The molecule has 0 radical (unpaired) electrons. The molecular weight excluding hydrogens is 256 g/mol. The Hall–Kier alpha value is -1.74. The van der Waals surface area contributed by atoms with Crippen LogP contribution in [0.1, 0.15) is 28.2 Å². The van der Waals surface area contributed by atoms with Gasteiger partial charge >= 0.3 is 0 Å². The minimum absolute atomic E-state index is 0.279. The second-order valence-electron chi connectivity index (χ2n) is 4.83. The number of carbonyl (C=O) groups is 1. The van der Waals surface area contributed by atoms with E-state index in [2.05, 4.69) is 0 Å². The molecule has 0 spiro atoms. The van der Waals surface area contributed by atoms with Crippen molar-refractivity contribution in [3.05, 3.63) is 52.6 Å². The van der Waals surface area contributed by atoms with E-state index in [1.807, 2.05) is 44.2 Å². The highest BCUT2D eigenvalue weighted by molar-refractivity contribution is 7.99. The Kier molecular flexibility index (Phi) is 2.86. The molecule has 1 unspecified atom stereocenters. The van der Waals surface area contributed by atoms with Crippen molar-refractivity contribution in [1.29, 1.82) is 0 Å². The van der Waals surface area contributed by atoms with E-state index in [1.54, 1.807) is 11.8 Å². The zero-order valence-corrected chi connectivity index (χ0v) is 11.6. The Morgan fingerprint density at radius 2 is 1.95 bits per heavy atom. The standard InChI is InChI=1S/C16H14O2S/c1-9-7-14-15(10(2)16(9)18)12(8-17)11-5-3-4-6-13(11)19-14/h3-8,12,18H,1-2H3. The molecule has 0 aliphatic carbocycles. The van der Waals surface area contributed by atoms with Gasteiger partial charge in [0.15, 0.2) is 0 Å². The van der Waals surface area contributed by atoms with Crippen LogP contribution in [0.4, 0.5) is 0 Å². The van der Waals surface area contributed by atoms with E-state index in [0.29, 0.717) is 5.75 Å². The smallest absolute Gasteiger partial charge is 0.131 e. The zero-order chi connectivity index (χ0) is 13.6. The molecule has 0 amide bonds. The van der Waals surface area contributed by atoms with Crippen molar-refractivity contribution >= 4 is 18.0 Å². The fourth-order valence-corrected chi connectivity index (χ4v) is 3.99. The van der Waals surface area contributed by atoms with Gasteiger partial charge in [0.25, 0.3) is 0 Å². The van der Waals surface area contributed by atoms with Crippen LogP contribution < -0.4 is 0 Å². The molecule has 19 heavy (non-hydrogen) atoms. The highest BCUT2D eigenvalue weighted by atomic mass is 32.2. The number of fused-ring (bicyclic) bond motifs is 2. The number of benzene rings is 2. The summed E-state index contributed by atoms with van der Waals surface area (Å²) in [4.78, 5) is 13.7. The van der Waals surface area contributed by atoms with Crippen LogP contribution in [0.3, 0.4) is 0 Å². The monoisotopic (exact) mass is 270 g/mol. The molecule has 0 saturated carbocycles. The number of phenols is 1. The maximum Gasteiger partial charge on any atom is 0.131 e. The molecule has 1 N–H and O–H groups in total. The van der Waals surface area contributed by atoms with Gasteiger partial charge in [-0.2, -0.15) is 0 Å². The summed E-state index contributed by atoms with van der Waals surface area (Å²) in [6.45, 7) is 3.77. The third kappa shape index (κ3) is 1.77. The van der Waals surface area contributed by atoms with E-state index in [9.17, 15) is 9.90 Å². The van der Waals surface area contributed by atoms with E-state index < -0.39 is 0 Å². The molecule has 0 bridgehead atoms. The Morgan fingerprint density at radius 1 is 1.21 bits per heavy atom. The Balaban J connectivity index is 2.30. The highest BCUT2D eigenvalue weighted by Crippen LogP contribution is 2.48. The number of aryl methyl sites for hydroxylation is 1. The van der Waals surface area contributed by atoms with Gasteiger partial charge in [0, 0.05) is 9.79 Å². The van der Waals surface area contributed by atoms with Crippen LogP contribution >= 0.6 is 11.8 Å². The van der Waals surface area contributed by atoms with Crippen LogP contribution in [0, 0.1) is 13.8 Å². The average molecular weight is 270 g/mol. The van der Waals surface area contributed by atoms with Crippen molar-refractivity contribution in [3.8, 4) is 5.75 Å². The number of hydrogen-bond acceptors (Lipinski definition) is 3. The van der Waals surface area contributed by atoms with Gasteiger partial charge in [0.05, 0.1) is 5.92 Å². The molecule has 1 aliphatic heterocycles. The average Bonchev–Trinajstić information content (AvgIpc) is 2.42. The maximum atomic E-state index is 11.5. The van der Waals surface area contributed by atoms with E-state index in [0.717, 1.165) is 38.3 Å². The summed E-state index contributed by atoms with van der Waals surface area (Å²) in [5.74, 6) is 0.0181. The van der Waals surface area contributed by atoms with Crippen molar-refractivity contribution in [2.24, 2.45) is 0 Å². The molecular formula is C16H14O2S. The van der Waals surface area contributed by atoms with Crippen LogP contribution in [0.25, 0.3) is 0 Å². The van der Waals surface area contributed by atoms with Crippen LogP contribution in [0.2, 0.25) is 0 Å². The maximum absolute atomic E-state index is 11.5. The first-order chi connectivity index (χ1) is 9.13. The van der Waals surface area contributed by atoms with Gasteiger partial charge in [-0.05, 0) is 48.2 Å². The van der Waals surface area contributed by atoms with Gasteiger partial charge in [-0.15, -0.1) is 0 Å². The Bertz CT molecular complexity index is 677. The number of hydrogen-bond donors (Lipinski definition) is 1. The van der Waals surface area contributed by atoms with Crippen molar-refractivity contribution < 1.29 is 9.90 Å². The fraction of sp³-hybridized carbons (Fsp3) is 0.188. The predicted octanol–water partition coefficient (Wildman–Crippen LogP) is 3.80. The second-order valence-corrected chi connectivity index (χ2v) is 5.92. The minimum atomic E-state index is -0.279. The molecule has 1 heterocycles. The van der Waals surface area contributed by atoms with Gasteiger partial charge in [-0.3, -0.25) is 0 Å². The number of carbonyl (C=O) groups excluding carboxylic acids is 1. The third-order valence-corrected chi connectivity index (χ3v) is 4.82. The van der Waals surface area contributed by atoms with E-state index in [-0.39, 0.29) is 5.92 Å². The summed E-state index contributed by atoms with van der Waals surface area (Å²) >= 11 is 1.67. The molecule has 3 rings (SSSR count). The van der Waals surface area contributed by atoms with Crippen molar-refractivity contribution in [2.45, 2.75) is 29.6 Å².